The van der Waals surface area contributed by atoms with Gasteiger partial charge in [-0.05, 0) is 41.5 Å². The van der Waals surface area contributed by atoms with Crippen molar-refractivity contribution in [2.75, 3.05) is 5.32 Å². The van der Waals surface area contributed by atoms with Crippen molar-refractivity contribution in [1.82, 2.24) is 0 Å². The van der Waals surface area contributed by atoms with E-state index < -0.39 is 62.6 Å². The first-order valence-electron chi connectivity index (χ1n) is 10.0. The van der Waals surface area contributed by atoms with E-state index in [1.165, 1.54) is 18.2 Å². The zero-order chi connectivity index (χ0) is 25.7. The molecule has 1 aliphatic rings. The summed E-state index contributed by atoms with van der Waals surface area (Å²) >= 11 is 24.2. The largest absolute Gasteiger partial charge is 0.326 e. The van der Waals surface area contributed by atoms with E-state index in [0.717, 1.165) is 24.3 Å². The van der Waals surface area contributed by atoms with Crippen molar-refractivity contribution in [3.05, 3.63) is 98.5 Å². The van der Waals surface area contributed by atoms with Gasteiger partial charge in [-0.2, -0.15) is 0 Å². The third-order valence-electron chi connectivity index (χ3n) is 5.64. The fourth-order valence-electron chi connectivity index (χ4n) is 3.79. The first-order chi connectivity index (χ1) is 16.4. The summed E-state index contributed by atoms with van der Waals surface area (Å²) < 4.78 is 53.3. The number of benzene rings is 3. The summed E-state index contributed by atoms with van der Waals surface area (Å²) in [7, 11) is 0. The van der Waals surface area contributed by atoms with E-state index in [2.05, 4.69) is 5.32 Å². The summed E-state index contributed by atoms with van der Waals surface area (Å²) in [6, 6.07) is 8.93. The van der Waals surface area contributed by atoms with Gasteiger partial charge < -0.3 is 5.32 Å². The van der Waals surface area contributed by atoms with E-state index in [0.29, 0.717) is 6.07 Å². The first kappa shape index (κ1) is 25.8. The Bertz CT molecular complexity index is 1370. The number of hydrogen-bond donors (Lipinski definition) is 1. The Labute approximate surface area is 216 Å². The number of hydrogen-bond acceptors (Lipinski definition) is 2. The van der Waals surface area contributed by atoms with Gasteiger partial charge in [0, 0.05) is 29.7 Å². The summed E-state index contributed by atoms with van der Waals surface area (Å²) in [5.41, 5.74) is -0.0127. The van der Waals surface area contributed by atoms with Crippen LogP contribution in [-0.4, -0.2) is 16.0 Å². The van der Waals surface area contributed by atoms with Gasteiger partial charge in [0.1, 0.15) is 32.6 Å². The van der Waals surface area contributed by atoms with E-state index in [1.807, 2.05) is 0 Å². The van der Waals surface area contributed by atoms with Gasteiger partial charge in [0.2, 0.25) is 5.91 Å². The van der Waals surface area contributed by atoms with Crippen LogP contribution >= 0.6 is 46.4 Å². The second-order valence-corrected chi connectivity index (χ2v) is 10.1. The fraction of sp³-hybridized carbons (Fsp3) is 0.167. The third kappa shape index (κ3) is 5.00. The number of ketones is 1. The van der Waals surface area contributed by atoms with Crippen LogP contribution in [0, 0.1) is 29.2 Å². The van der Waals surface area contributed by atoms with Gasteiger partial charge >= 0.3 is 0 Å². The van der Waals surface area contributed by atoms with Crippen molar-refractivity contribution >= 4 is 63.8 Å². The molecule has 1 N–H and O–H groups in total. The smallest absolute Gasteiger partial charge is 0.231 e. The van der Waals surface area contributed by atoms with Gasteiger partial charge in [-0.15, -0.1) is 23.2 Å². The molecule has 0 aromatic heterocycles. The van der Waals surface area contributed by atoms with Gasteiger partial charge in [-0.1, -0.05) is 35.3 Å². The average molecular weight is 565 g/mol. The van der Waals surface area contributed by atoms with Gasteiger partial charge in [0.15, 0.2) is 5.78 Å². The van der Waals surface area contributed by atoms with E-state index in [-0.39, 0.29) is 27.4 Å². The lowest BCUT2D eigenvalue weighted by molar-refractivity contribution is -0.117. The topological polar surface area (TPSA) is 46.2 Å². The lowest BCUT2D eigenvalue weighted by Crippen LogP contribution is -2.17. The molecule has 3 nitrogen and oxygen atoms in total. The summed E-state index contributed by atoms with van der Waals surface area (Å²) in [6.07, 6.45) is -0.398. The maximum atomic E-state index is 14.5. The van der Waals surface area contributed by atoms with E-state index in [1.54, 1.807) is 0 Å². The van der Waals surface area contributed by atoms with Crippen molar-refractivity contribution in [3.8, 4) is 0 Å². The number of carbonyl (C=O) groups excluding carboxylic acids is 2. The average Bonchev–Trinajstić information content (AvgIpc) is 3.36. The van der Waals surface area contributed by atoms with Crippen molar-refractivity contribution in [3.63, 3.8) is 0 Å². The number of halogens is 8. The summed E-state index contributed by atoms with van der Waals surface area (Å²) in [5, 5.41) is 1.85. The lowest BCUT2D eigenvalue weighted by atomic mass is 10.0. The van der Waals surface area contributed by atoms with Gasteiger partial charge in [-0.25, -0.2) is 17.6 Å². The Morgan fingerprint density at radius 1 is 0.914 bits per heavy atom. The van der Waals surface area contributed by atoms with Crippen molar-refractivity contribution < 1.29 is 27.2 Å². The molecule has 0 aliphatic heterocycles. The second-order valence-electron chi connectivity index (χ2n) is 7.91. The molecule has 0 spiro atoms. The molecular weight excluding hydrogens is 552 g/mol. The second kappa shape index (κ2) is 9.62. The van der Waals surface area contributed by atoms with E-state index >= 15 is 0 Å². The molecular formula is C24H13Cl4F4NO2. The number of Topliss-reactive ketones (excluding diaryl/α,β-unsaturated/α-hetero) is 1. The predicted octanol–water partition coefficient (Wildman–Crippen LogP) is 7.50. The molecule has 0 radical (unpaired) electrons. The number of anilines is 1. The Morgan fingerprint density at radius 3 is 2.31 bits per heavy atom. The molecule has 3 aromatic carbocycles. The molecule has 1 aliphatic carbocycles. The Balaban J connectivity index is 1.53. The molecule has 1 saturated carbocycles. The summed E-state index contributed by atoms with van der Waals surface area (Å²) in [5.74, 6) is -7.07. The van der Waals surface area contributed by atoms with Crippen LogP contribution in [0.15, 0.2) is 48.5 Å². The van der Waals surface area contributed by atoms with Crippen LogP contribution in [-0.2, 0) is 11.2 Å². The van der Waals surface area contributed by atoms with Crippen molar-refractivity contribution in [1.29, 1.82) is 0 Å². The number of rotatable bonds is 6. The predicted molar refractivity (Wildman–Crippen MR) is 127 cm³/mol. The maximum Gasteiger partial charge on any atom is 0.231 e. The zero-order valence-corrected chi connectivity index (χ0v) is 20.3. The monoisotopic (exact) mass is 563 g/mol. The van der Waals surface area contributed by atoms with Gasteiger partial charge in [-0.3, -0.25) is 9.59 Å². The molecule has 3 aromatic rings. The molecule has 182 valence electrons. The van der Waals surface area contributed by atoms with Crippen molar-refractivity contribution in [2.45, 2.75) is 16.7 Å². The van der Waals surface area contributed by atoms with Crippen LogP contribution in [0.25, 0.3) is 0 Å². The highest BCUT2D eigenvalue weighted by Crippen LogP contribution is 2.65. The summed E-state index contributed by atoms with van der Waals surface area (Å²) in [4.78, 5) is 25.6. The van der Waals surface area contributed by atoms with Gasteiger partial charge in [0.25, 0.3) is 0 Å². The number of alkyl halides is 2. The highest BCUT2D eigenvalue weighted by atomic mass is 35.5. The summed E-state index contributed by atoms with van der Waals surface area (Å²) in [6.45, 7) is 0. The maximum absolute atomic E-state index is 14.5. The Kier molecular flexibility index (Phi) is 7.08. The molecule has 4 rings (SSSR count). The quantitative estimate of drug-likeness (QED) is 0.146. The molecule has 1 amide bonds. The molecule has 35 heavy (non-hydrogen) atoms. The highest BCUT2D eigenvalue weighted by Gasteiger charge is 2.68. The fourth-order valence-corrected chi connectivity index (χ4v) is 5.00. The first-order valence-corrected chi connectivity index (χ1v) is 11.5. The van der Waals surface area contributed by atoms with Crippen LogP contribution in [0.3, 0.4) is 0 Å². The number of carbonyl (C=O) groups is 2. The molecule has 11 heteroatoms. The minimum absolute atomic E-state index is 0.0140. The molecule has 0 heterocycles. The van der Waals surface area contributed by atoms with Crippen LogP contribution < -0.4 is 5.32 Å². The highest BCUT2D eigenvalue weighted by molar-refractivity contribution is 6.53. The van der Waals surface area contributed by atoms with Crippen LogP contribution in [0.2, 0.25) is 10.0 Å². The third-order valence-corrected chi connectivity index (χ3v) is 7.25. The molecule has 1 fully saturated rings. The Hall–Kier alpha value is -2.32. The van der Waals surface area contributed by atoms with Crippen LogP contribution in [0.1, 0.15) is 27.4 Å². The number of amides is 1. The Morgan fingerprint density at radius 2 is 1.63 bits per heavy atom. The van der Waals surface area contributed by atoms with Gasteiger partial charge in [0.05, 0.1) is 10.9 Å². The minimum Gasteiger partial charge on any atom is -0.326 e. The molecule has 2 atom stereocenters. The standard InChI is InChI=1S/C24H13Cl4F4NO2/c25-15-5-3-12(9-14(15)18(34)7-10-1-2-11(29)8-17(10)31)33-23(35)20-19(24(20,27)28)13-4-6-16(30)21(26)22(13)32/h1-6,8-9,19-20H,7H2,(H,33,35). The lowest BCUT2D eigenvalue weighted by Gasteiger charge is -2.10. The number of nitrogens with one attached hydrogen (secondary N) is 1. The normalized spacial score (nSPS) is 18.3. The van der Waals surface area contributed by atoms with E-state index in [9.17, 15) is 27.2 Å². The van der Waals surface area contributed by atoms with E-state index in [4.69, 9.17) is 46.4 Å². The molecule has 0 saturated heterocycles. The van der Waals surface area contributed by atoms with Crippen molar-refractivity contribution in [2.24, 2.45) is 5.92 Å². The molecule has 0 bridgehead atoms. The zero-order valence-electron chi connectivity index (χ0n) is 17.3. The molecule has 2 unspecified atom stereocenters. The van der Waals surface area contributed by atoms with Crippen LogP contribution in [0.4, 0.5) is 23.2 Å². The minimum atomic E-state index is -1.68. The van der Waals surface area contributed by atoms with Crippen LogP contribution in [0.5, 0.6) is 0 Å². The SMILES string of the molecule is O=C(Cc1ccc(F)cc1F)c1cc(NC(=O)C2C(c3ccc(F)c(Cl)c3F)C2(Cl)Cl)ccc1Cl.